The second-order valence-electron chi connectivity index (χ2n) is 3.25. The van der Waals surface area contributed by atoms with Gasteiger partial charge in [0.25, 0.3) is 0 Å². The third-order valence-electron chi connectivity index (χ3n) is 2.09. The molecule has 2 N–H and O–H groups in total. The molecule has 6 heteroatoms. The standard InChI is InChI=1S/C11H8FN3O2/c12-8-1-2-10(15-11(16)17)9(3-8)7-4-13-6-14-5-7/h1-6,15H,(H,16,17). The molecule has 17 heavy (non-hydrogen) atoms. The van der Waals surface area contributed by atoms with E-state index in [1.165, 1.54) is 36.9 Å². The molecular formula is C11H8FN3O2. The van der Waals surface area contributed by atoms with Gasteiger partial charge in [0, 0.05) is 23.5 Å². The quantitative estimate of drug-likeness (QED) is 0.834. The molecular weight excluding hydrogens is 225 g/mol. The second-order valence-corrected chi connectivity index (χ2v) is 3.25. The number of rotatable bonds is 2. The molecule has 0 fully saturated rings. The Hall–Kier alpha value is -2.50. The Morgan fingerprint density at radius 2 is 2.00 bits per heavy atom. The molecule has 0 atom stereocenters. The maximum atomic E-state index is 13.2. The topological polar surface area (TPSA) is 75.1 Å². The fourth-order valence-corrected chi connectivity index (χ4v) is 1.42. The Morgan fingerprint density at radius 1 is 1.29 bits per heavy atom. The maximum Gasteiger partial charge on any atom is 0.409 e. The molecule has 1 heterocycles. The predicted octanol–water partition coefficient (Wildman–Crippen LogP) is 2.37. The number of benzene rings is 1. The summed E-state index contributed by atoms with van der Waals surface area (Å²) in [5, 5.41) is 10.9. The molecule has 0 saturated heterocycles. The van der Waals surface area contributed by atoms with Crippen molar-refractivity contribution in [1.82, 2.24) is 9.97 Å². The van der Waals surface area contributed by atoms with Crippen LogP contribution in [0.25, 0.3) is 11.1 Å². The first-order valence-corrected chi connectivity index (χ1v) is 4.71. The molecule has 0 unspecified atom stereocenters. The normalized spacial score (nSPS) is 9.94. The highest BCUT2D eigenvalue weighted by molar-refractivity contribution is 5.90. The van der Waals surface area contributed by atoms with Gasteiger partial charge in [0.15, 0.2) is 0 Å². The molecule has 0 spiro atoms. The van der Waals surface area contributed by atoms with Gasteiger partial charge < -0.3 is 5.11 Å². The minimum atomic E-state index is -1.21. The molecule has 2 aromatic rings. The average Bonchev–Trinajstić information content (AvgIpc) is 2.32. The second kappa shape index (κ2) is 4.56. The number of carbonyl (C=O) groups is 1. The zero-order valence-corrected chi connectivity index (χ0v) is 8.59. The minimum Gasteiger partial charge on any atom is -0.465 e. The lowest BCUT2D eigenvalue weighted by Crippen LogP contribution is -2.08. The van der Waals surface area contributed by atoms with Crippen LogP contribution in [-0.2, 0) is 0 Å². The van der Waals surface area contributed by atoms with E-state index in [4.69, 9.17) is 5.11 Å². The van der Waals surface area contributed by atoms with Crippen molar-refractivity contribution in [2.45, 2.75) is 0 Å². The number of nitrogens with one attached hydrogen (secondary N) is 1. The van der Waals surface area contributed by atoms with Crippen molar-refractivity contribution >= 4 is 11.8 Å². The first kappa shape index (κ1) is 11.0. The zero-order chi connectivity index (χ0) is 12.3. The minimum absolute atomic E-state index is 0.286. The van der Waals surface area contributed by atoms with Crippen molar-refractivity contribution in [2.24, 2.45) is 0 Å². The molecule has 5 nitrogen and oxygen atoms in total. The molecule has 0 radical (unpaired) electrons. The number of aromatic nitrogens is 2. The number of hydrogen-bond donors (Lipinski definition) is 2. The van der Waals surface area contributed by atoms with E-state index in [9.17, 15) is 9.18 Å². The van der Waals surface area contributed by atoms with Gasteiger partial charge >= 0.3 is 6.09 Å². The number of amides is 1. The van der Waals surface area contributed by atoms with E-state index < -0.39 is 11.9 Å². The van der Waals surface area contributed by atoms with E-state index in [-0.39, 0.29) is 5.69 Å². The molecule has 86 valence electrons. The van der Waals surface area contributed by atoms with Crippen LogP contribution in [0.4, 0.5) is 14.9 Å². The predicted molar refractivity (Wildman–Crippen MR) is 59.1 cm³/mol. The Balaban J connectivity index is 2.51. The van der Waals surface area contributed by atoms with Crippen molar-refractivity contribution in [3.05, 3.63) is 42.7 Å². The van der Waals surface area contributed by atoms with Gasteiger partial charge in [-0.2, -0.15) is 0 Å². The molecule has 0 bridgehead atoms. The third-order valence-corrected chi connectivity index (χ3v) is 2.09. The highest BCUT2D eigenvalue weighted by Crippen LogP contribution is 2.27. The summed E-state index contributed by atoms with van der Waals surface area (Å²) in [5.41, 5.74) is 1.22. The zero-order valence-electron chi connectivity index (χ0n) is 8.59. The Labute approximate surface area is 96.0 Å². The SMILES string of the molecule is O=C(O)Nc1ccc(F)cc1-c1cncnc1. The highest BCUT2D eigenvalue weighted by Gasteiger charge is 2.09. The maximum absolute atomic E-state index is 13.2. The number of carboxylic acid groups (broad SMARTS) is 1. The van der Waals surface area contributed by atoms with Gasteiger partial charge in [-0.25, -0.2) is 19.2 Å². The number of nitrogens with zero attached hydrogens (tertiary/aromatic N) is 2. The van der Waals surface area contributed by atoms with Crippen LogP contribution < -0.4 is 5.32 Å². The van der Waals surface area contributed by atoms with E-state index in [0.29, 0.717) is 11.1 Å². The molecule has 1 aromatic carbocycles. The van der Waals surface area contributed by atoms with Gasteiger partial charge in [-0.1, -0.05) is 0 Å². The summed E-state index contributed by atoms with van der Waals surface area (Å²) < 4.78 is 13.2. The first-order valence-electron chi connectivity index (χ1n) is 4.71. The van der Waals surface area contributed by atoms with Crippen LogP contribution in [-0.4, -0.2) is 21.2 Å². The van der Waals surface area contributed by atoms with Crippen LogP contribution in [0.5, 0.6) is 0 Å². The third kappa shape index (κ3) is 2.54. The largest absolute Gasteiger partial charge is 0.465 e. The number of hydrogen-bond acceptors (Lipinski definition) is 3. The van der Waals surface area contributed by atoms with Crippen molar-refractivity contribution in [1.29, 1.82) is 0 Å². The summed E-state index contributed by atoms with van der Waals surface area (Å²) in [6.07, 6.45) is 3.09. The monoisotopic (exact) mass is 233 g/mol. The molecule has 1 amide bonds. The van der Waals surface area contributed by atoms with Crippen molar-refractivity contribution in [2.75, 3.05) is 5.32 Å². The molecule has 0 aliphatic carbocycles. The van der Waals surface area contributed by atoms with Gasteiger partial charge in [0.1, 0.15) is 12.1 Å². The smallest absolute Gasteiger partial charge is 0.409 e. The van der Waals surface area contributed by atoms with Gasteiger partial charge in [-0.05, 0) is 18.2 Å². The Morgan fingerprint density at radius 3 is 2.65 bits per heavy atom. The Kier molecular flexibility index (Phi) is 2.95. The summed E-state index contributed by atoms with van der Waals surface area (Å²) in [6, 6.07) is 3.76. The van der Waals surface area contributed by atoms with Gasteiger partial charge in [-0.3, -0.25) is 5.32 Å². The summed E-state index contributed by atoms with van der Waals surface area (Å²) in [7, 11) is 0. The molecule has 1 aromatic heterocycles. The highest BCUT2D eigenvalue weighted by atomic mass is 19.1. The molecule has 0 aliphatic rings. The van der Waals surface area contributed by atoms with E-state index in [1.807, 2.05) is 0 Å². The van der Waals surface area contributed by atoms with Gasteiger partial charge in [0.05, 0.1) is 5.69 Å². The van der Waals surface area contributed by atoms with Crippen LogP contribution in [0.1, 0.15) is 0 Å². The fourth-order valence-electron chi connectivity index (χ4n) is 1.42. The lowest BCUT2D eigenvalue weighted by Gasteiger charge is -2.08. The van der Waals surface area contributed by atoms with Crippen molar-refractivity contribution in [3.8, 4) is 11.1 Å². The molecule has 0 saturated carbocycles. The molecule has 0 aliphatic heterocycles. The number of halogens is 1. The Bertz CT molecular complexity index is 546. The van der Waals surface area contributed by atoms with E-state index in [1.54, 1.807) is 0 Å². The van der Waals surface area contributed by atoms with Crippen LogP contribution in [0.15, 0.2) is 36.9 Å². The summed E-state index contributed by atoms with van der Waals surface area (Å²) in [4.78, 5) is 18.2. The summed E-state index contributed by atoms with van der Waals surface area (Å²) >= 11 is 0. The average molecular weight is 233 g/mol. The lowest BCUT2D eigenvalue weighted by atomic mass is 10.1. The van der Waals surface area contributed by atoms with Gasteiger partial charge in [0.2, 0.25) is 0 Å². The van der Waals surface area contributed by atoms with E-state index >= 15 is 0 Å². The summed E-state index contributed by atoms with van der Waals surface area (Å²) in [6.45, 7) is 0. The summed E-state index contributed by atoms with van der Waals surface area (Å²) in [5.74, 6) is -0.459. The van der Waals surface area contributed by atoms with Crippen LogP contribution in [0, 0.1) is 5.82 Å². The van der Waals surface area contributed by atoms with Crippen LogP contribution >= 0.6 is 0 Å². The molecule has 2 rings (SSSR count). The van der Waals surface area contributed by atoms with E-state index in [0.717, 1.165) is 0 Å². The fraction of sp³-hybridized carbons (Fsp3) is 0. The van der Waals surface area contributed by atoms with Gasteiger partial charge in [-0.15, -0.1) is 0 Å². The van der Waals surface area contributed by atoms with Crippen molar-refractivity contribution in [3.63, 3.8) is 0 Å². The van der Waals surface area contributed by atoms with Crippen LogP contribution in [0.3, 0.4) is 0 Å². The van der Waals surface area contributed by atoms with Crippen molar-refractivity contribution < 1.29 is 14.3 Å². The lowest BCUT2D eigenvalue weighted by molar-refractivity contribution is 0.210. The van der Waals surface area contributed by atoms with Crippen LogP contribution in [0.2, 0.25) is 0 Å². The van der Waals surface area contributed by atoms with E-state index in [2.05, 4.69) is 15.3 Å². The number of anilines is 1. The first-order chi connectivity index (χ1) is 8.16.